The summed E-state index contributed by atoms with van der Waals surface area (Å²) < 4.78 is 98.7. The molecule has 0 unspecified atom stereocenters. The first-order valence-corrected chi connectivity index (χ1v) is 28.5. The second kappa shape index (κ2) is 24.4. The number of nitrogens with two attached hydrogens (primary N) is 1. The van der Waals surface area contributed by atoms with Crippen molar-refractivity contribution in [3.05, 3.63) is 102 Å². The number of sulfone groups is 1. The van der Waals surface area contributed by atoms with Crippen molar-refractivity contribution in [3.63, 3.8) is 0 Å². The van der Waals surface area contributed by atoms with Gasteiger partial charge in [0.25, 0.3) is 25.8 Å². The van der Waals surface area contributed by atoms with Crippen LogP contribution in [0.25, 0.3) is 0 Å². The monoisotopic (exact) mass is 1030 g/mol. The molecule has 1 saturated heterocycles. The minimum atomic E-state index is -6.08. The molecule has 18 heteroatoms. The zero-order valence-corrected chi connectivity index (χ0v) is 43.3. The van der Waals surface area contributed by atoms with Gasteiger partial charge in [-0.05, 0) is 138 Å². The highest BCUT2D eigenvalue weighted by molar-refractivity contribution is 7.99. The van der Waals surface area contributed by atoms with Crippen molar-refractivity contribution in [1.82, 2.24) is 14.5 Å². The molecular weight excluding hydrogens is 958 g/mol. The third-order valence-electron chi connectivity index (χ3n) is 13.5. The van der Waals surface area contributed by atoms with E-state index in [0.717, 1.165) is 126 Å². The van der Waals surface area contributed by atoms with Gasteiger partial charge in [-0.3, -0.25) is 14.5 Å². The fraction of sp³-hybridized carbons (Fsp3) is 0.538. The van der Waals surface area contributed by atoms with Gasteiger partial charge in [-0.25, -0.2) is 21.6 Å². The summed E-state index contributed by atoms with van der Waals surface area (Å²) in [6.45, 7) is 16.5. The number of rotatable bonds is 26. The van der Waals surface area contributed by atoms with E-state index in [4.69, 9.17) is 5.73 Å². The Balaban J connectivity index is 1.12. The number of halogens is 3. The second-order valence-electron chi connectivity index (χ2n) is 20.0. The van der Waals surface area contributed by atoms with Gasteiger partial charge in [-0.1, -0.05) is 61.6 Å². The molecule has 1 aliphatic heterocycles. The molecule has 3 aliphatic rings. The highest BCUT2D eigenvalue weighted by Crippen LogP contribution is 2.41. The number of nitrogens with zero attached hydrogens (tertiary/aromatic N) is 3. The number of primary amides is 1. The number of hydrogen-bond donors (Lipinski definition) is 3. The first-order chi connectivity index (χ1) is 33.1. The summed E-state index contributed by atoms with van der Waals surface area (Å²) in [5, 5.41) is 3.05. The molecule has 384 valence electrons. The zero-order chi connectivity index (χ0) is 50.7. The summed E-state index contributed by atoms with van der Waals surface area (Å²) in [5.41, 5.74) is 4.60. The van der Waals surface area contributed by atoms with E-state index in [0.29, 0.717) is 42.7 Å². The number of carbonyl (C=O) groups is 2. The van der Waals surface area contributed by atoms with Gasteiger partial charge in [-0.2, -0.15) is 13.2 Å². The van der Waals surface area contributed by atoms with E-state index in [2.05, 4.69) is 47.4 Å². The number of nitrogens with one attached hydrogen (secondary N) is 2. The van der Waals surface area contributed by atoms with Crippen molar-refractivity contribution in [2.45, 2.75) is 137 Å². The van der Waals surface area contributed by atoms with Crippen LogP contribution in [0.3, 0.4) is 0 Å². The molecule has 70 heavy (non-hydrogen) atoms. The van der Waals surface area contributed by atoms with Crippen molar-refractivity contribution in [3.8, 4) is 0 Å². The van der Waals surface area contributed by atoms with Crippen LogP contribution in [0.5, 0.6) is 0 Å². The molecule has 2 fully saturated rings. The molecule has 0 spiro atoms. The van der Waals surface area contributed by atoms with Crippen LogP contribution >= 0.6 is 11.8 Å². The predicted octanol–water partition coefficient (Wildman–Crippen LogP) is 9.95. The van der Waals surface area contributed by atoms with Gasteiger partial charge in [0.15, 0.2) is 0 Å². The Morgan fingerprint density at radius 2 is 1.59 bits per heavy atom. The first kappa shape index (κ1) is 55.0. The van der Waals surface area contributed by atoms with E-state index in [1.54, 1.807) is 23.3 Å². The number of sulfonamides is 1. The molecule has 0 aromatic heterocycles. The average Bonchev–Trinajstić information content (AvgIpc) is 4.16. The number of alkyl halides is 3. The SMILES string of the molecule is C=C(C)CCC1=C(CN2CCN(c3ccc(C(=O)NS(=O)(=O)c4ccc(N[C@H](CCN(CCCCCCC(N)=O)C5CC5)CSc5ccccc5)c(S(=O)(=O)C(F)(F)F)c4)cc3)CC2)CCC(C)(C)C1. The highest BCUT2D eigenvalue weighted by atomic mass is 32.2. The fourth-order valence-corrected chi connectivity index (χ4v) is 12.3. The van der Waals surface area contributed by atoms with Crippen LogP contribution in [-0.2, 0) is 24.7 Å². The van der Waals surface area contributed by atoms with Crippen molar-refractivity contribution >= 4 is 54.8 Å². The van der Waals surface area contributed by atoms with Crippen LogP contribution in [0.4, 0.5) is 24.5 Å². The summed E-state index contributed by atoms with van der Waals surface area (Å²) in [5.74, 6) is -0.983. The number of benzene rings is 3. The van der Waals surface area contributed by atoms with Crippen molar-refractivity contribution in [1.29, 1.82) is 0 Å². The lowest BCUT2D eigenvalue weighted by atomic mass is 9.73. The topological polar surface area (TPSA) is 162 Å². The smallest absolute Gasteiger partial charge is 0.380 e. The molecule has 0 radical (unpaired) electrons. The van der Waals surface area contributed by atoms with E-state index in [1.165, 1.54) is 35.9 Å². The van der Waals surface area contributed by atoms with E-state index >= 15 is 0 Å². The van der Waals surface area contributed by atoms with Crippen LogP contribution in [0.2, 0.25) is 0 Å². The second-order valence-corrected chi connectivity index (χ2v) is 24.7. The zero-order valence-electron chi connectivity index (χ0n) is 40.9. The van der Waals surface area contributed by atoms with Gasteiger partial charge >= 0.3 is 5.51 Å². The summed E-state index contributed by atoms with van der Waals surface area (Å²) in [4.78, 5) is 30.4. The minimum absolute atomic E-state index is 0.00363. The Bertz CT molecular complexity index is 2530. The Labute approximate surface area is 418 Å². The average molecular weight is 1030 g/mol. The maximum Gasteiger partial charge on any atom is 0.501 e. The molecule has 1 heterocycles. The molecule has 3 aromatic rings. The number of anilines is 2. The third-order valence-corrected chi connectivity index (χ3v) is 17.5. The van der Waals surface area contributed by atoms with Crippen LogP contribution in [0, 0.1) is 5.41 Å². The molecular formula is C52H71F3N6O6S3. The number of allylic oxidation sites excluding steroid dienone is 2. The molecule has 3 aromatic carbocycles. The molecule has 1 atom stereocenters. The summed E-state index contributed by atoms with van der Waals surface area (Å²) >= 11 is 1.46. The van der Waals surface area contributed by atoms with E-state index < -0.39 is 52.8 Å². The lowest BCUT2D eigenvalue weighted by Crippen LogP contribution is -2.47. The lowest BCUT2D eigenvalue weighted by Gasteiger charge is -2.39. The van der Waals surface area contributed by atoms with Crippen molar-refractivity contribution in [2.75, 3.05) is 61.8 Å². The number of amides is 2. The third kappa shape index (κ3) is 16.1. The molecule has 1 saturated carbocycles. The largest absolute Gasteiger partial charge is 0.501 e. The maximum absolute atomic E-state index is 14.3. The number of piperazine rings is 1. The normalized spacial score (nSPS) is 17.4. The van der Waals surface area contributed by atoms with Gasteiger partial charge in [0.2, 0.25) is 5.91 Å². The quantitative estimate of drug-likeness (QED) is 0.0399. The van der Waals surface area contributed by atoms with Crippen LogP contribution in [-0.4, -0.2) is 108 Å². The van der Waals surface area contributed by atoms with Crippen LogP contribution < -0.4 is 20.7 Å². The molecule has 4 N–H and O–H groups in total. The van der Waals surface area contributed by atoms with Gasteiger partial charge in [0.1, 0.15) is 4.90 Å². The van der Waals surface area contributed by atoms with Crippen LogP contribution in [0.15, 0.2) is 111 Å². The molecule has 12 nitrogen and oxygen atoms in total. The number of hydrogen-bond acceptors (Lipinski definition) is 11. The van der Waals surface area contributed by atoms with Crippen molar-refractivity contribution < 1.29 is 39.6 Å². The molecule has 2 aliphatic carbocycles. The van der Waals surface area contributed by atoms with Crippen LogP contribution in [0.1, 0.15) is 115 Å². The molecule has 0 bridgehead atoms. The van der Waals surface area contributed by atoms with Gasteiger partial charge < -0.3 is 20.9 Å². The Kier molecular flexibility index (Phi) is 19.1. The standard InChI is InChI=1S/C52H71F3N6O6S3/c1-38(2)15-16-40-35-51(3,4)27-25-41(40)36-59-30-32-61(33-31-59)43-19-17-39(18-20-43)50(63)58-70(66,67)46-23-24-47(48(34-46)69(64,65)52(53,54)55)57-42(37-68-45-12-8-7-9-13-45)26-29-60(44-21-22-44)28-11-6-5-10-14-49(56)62/h7-9,12-13,17-20,23-24,34,42,44,57H,1,5-6,10-11,14-16,21-22,25-33,35-37H2,2-4H3,(H2,56,62)(H,58,63)/t42-/m1/s1. The van der Waals surface area contributed by atoms with Gasteiger partial charge in [0, 0.05) is 79.7 Å². The fourth-order valence-electron chi connectivity index (χ4n) is 9.25. The number of unbranched alkanes of at least 4 members (excludes halogenated alkanes) is 3. The maximum atomic E-state index is 14.3. The predicted molar refractivity (Wildman–Crippen MR) is 274 cm³/mol. The number of thioether (sulfide) groups is 1. The Hall–Kier alpha value is -4.36. The van der Waals surface area contributed by atoms with E-state index in [9.17, 15) is 39.6 Å². The Morgan fingerprint density at radius 3 is 2.23 bits per heavy atom. The van der Waals surface area contributed by atoms with E-state index in [-0.39, 0.29) is 11.5 Å². The Morgan fingerprint density at radius 1 is 0.900 bits per heavy atom. The molecule has 6 rings (SSSR count). The first-order valence-electron chi connectivity index (χ1n) is 24.5. The summed E-state index contributed by atoms with van der Waals surface area (Å²) in [6, 6.07) is 18.2. The lowest BCUT2D eigenvalue weighted by molar-refractivity contribution is -0.118. The van der Waals surface area contributed by atoms with Gasteiger partial charge in [0.05, 0.1) is 10.6 Å². The minimum Gasteiger partial charge on any atom is -0.380 e. The summed E-state index contributed by atoms with van der Waals surface area (Å²) in [7, 11) is -10.9. The number of carbonyl (C=O) groups excluding carboxylic acids is 2. The van der Waals surface area contributed by atoms with Crippen molar-refractivity contribution in [2.24, 2.45) is 11.1 Å². The highest BCUT2D eigenvalue weighted by Gasteiger charge is 2.48. The molecule has 2 amide bonds. The summed E-state index contributed by atoms with van der Waals surface area (Å²) in [6.07, 6.45) is 11.7. The van der Waals surface area contributed by atoms with E-state index in [1.807, 2.05) is 35.1 Å². The van der Waals surface area contributed by atoms with Gasteiger partial charge in [-0.15, -0.1) is 18.3 Å².